The Kier molecular flexibility index (Phi) is 8.23. The highest BCUT2D eigenvalue weighted by Gasteiger charge is 2.24. The van der Waals surface area contributed by atoms with Crippen molar-refractivity contribution in [2.24, 2.45) is 0 Å². The first-order valence-electron chi connectivity index (χ1n) is 11.2. The molecule has 1 aromatic heterocycles. The van der Waals surface area contributed by atoms with E-state index in [9.17, 15) is 9.59 Å². The summed E-state index contributed by atoms with van der Waals surface area (Å²) in [6.07, 6.45) is 0. The number of thiophene rings is 1. The summed E-state index contributed by atoms with van der Waals surface area (Å²) in [7, 11) is 3.12. The summed E-state index contributed by atoms with van der Waals surface area (Å²) in [6.45, 7) is 1.53. The quantitative estimate of drug-likeness (QED) is 0.402. The molecule has 0 spiro atoms. The Balaban J connectivity index is 1.54. The van der Waals surface area contributed by atoms with E-state index in [1.54, 1.807) is 54.7 Å². The molecule has 2 aromatic carbocycles. The van der Waals surface area contributed by atoms with Crippen LogP contribution >= 0.6 is 11.3 Å². The van der Waals surface area contributed by atoms with Crippen molar-refractivity contribution in [1.82, 2.24) is 9.80 Å². The summed E-state index contributed by atoms with van der Waals surface area (Å²) in [5.74, 6) is 1.52. The number of hydrogen-bond acceptors (Lipinski definition) is 7. The fourth-order valence-electron chi connectivity index (χ4n) is 3.74. The van der Waals surface area contributed by atoms with Crippen LogP contribution < -0.4 is 14.2 Å². The van der Waals surface area contributed by atoms with Gasteiger partial charge in [-0.15, -0.1) is 11.3 Å². The third-order valence-electron chi connectivity index (χ3n) is 5.59. The van der Waals surface area contributed by atoms with Gasteiger partial charge in [0.1, 0.15) is 12.3 Å². The molecule has 0 aliphatic carbocycles. The third-order valence-corrected chi connectivity index (χ3v) is 6.45. The minimum Gasteiger partial charge on any atom is -0.497 e. The normalized spacial score (nSPS) is 11.8. The molecule has 184 valence electrons. The van der Waals surface area contributed by atoms with Crippen molar-refractivity contribution in [3.8, 4) is 17.2 Å². The van der Waals surface area contributed by atoms with Crippen LogP contribution in [-0.2, 0) is 22.6 Å². The van der Waals surface area contributed by atoms with Crippen LogP contribution in [0.15, 0.2) is 60.0 Å². The number of hydrogen-bond donors (Lipinski definition) is 0. The van der Waals surface area contributed by atoms with Crippen LogP contribution in [-0.4, -0.2) is 62.3 Å². The predicted molar refractivity (Wildman–Crippen MR) is 132 cm³/mol. The van der Waals surface area contributed by atoms with E-state index < -0.39 is 0 Å². The lowest BCUT2D eigenvalue weighted by molar-refractivity contribution is -0.133. The van der Waals surface area contributed by atoms with Gasteiger partial charge in [-0.05, 0) is 47.3 Å². The standard InChI is InChI=1S/C26H28N2O6S/c1-31-11-10-27(26(30)20-5-3-6-21(14-20)32-2)17-25(29)28(16-22-7-4-12-35-22)15-19-8-9-23-24(13-19)34-18-33-23/h3-9,12-14H,10-11,15-18H2,1-2H3. The molecule has 2 heterocycles. The van der Waals surface area contributed by atoms with E-state index in [0.717, 1.165) is 10.4 Å². The first-order chi connectivity index (χ1) is 17.1. The summed E-state index contributed by atoms with van der Waals surface area (Å²) >= 11 is 1.59. The minimum absolute atomic E-state index is 0.0741. The Morgan fingerprint density at radius 1 is 0.971 bits per heavy atom. The van der Waals surface area contributed by atoms with Crippen LogP contribution in [0.3, 0.4) is 0 Å². The highest BCUT2D eigenvalue weighted by molar-refractivity contribution is 7.09. The average Bonchev–Trinajstić information content (AvgIpc) is 3.57. The predicted octanol–water partition coefficient (Wildman–Crippen LogP) is 3.80. The number of nitrogens with zero attached hydrogens (tertiary/aromatic N) is 2. The topological polar surface area (TPSA) is 77.5 Å². The Bertz CT molecular complexity index is 1150. The average molecular weight is 497 g/mol. The lowest BCUT2D eigenvalue weighted by atomic mass is 10.1. The molecule has 4 rings (SSSR count). The Labute approximate surface area is 208 Å². The molecule has 3 aromatic rings. The molecule has 1 aliphatic heterocycles. The smallest absolute Gasteiger partial charge is 0.254 e. The maximum Gasteiger partial charge on any atom is 0.254 e. The number of rotatable bonds is 11. The van der Waals surface area contributed by atoms with Crippen LogP contribution in [0.5, 0.6) is 17.2 Å². The molecule has 0 unspecified atom stereocenters. The molecule has 0 bridgehead atoms. The van der Waals surface area contributed by atoms with Crippen LogP contribution in [0, 0.1) is 0 Å². The van der Waals surface area contributed by atoms with Crippen molar-refractivity contribution >= 4 is 23.2 Å². The Hall–Kier alpha value is -3.56. The zero-order valence-corrected chi connectivity index (χ0v) is 20.6. The van der Waals surface area contributed by atoms with E-state index in [0.29, 0.717) is 42.5 Å². The number of benzene rings is 2. The molecule has 0 saturated heterocycles. The third kappa shape index (κ3) is 6.32. The number of carbonyl (C=O) groups excluding carboxylic acids is 2. The second-order valence-electron chi connectivity index (χ2n) is 7.97. The molecule has 0 radical (unpaired) electrons. The van der Waals surface area contributed by atoms with E-state index >= 15 is 0 Å². The molecule has 1 aliphatic rings. The second kappa shape index (κ2) is 11.7. The summed E-state index contributed by atoms with van der Waals surface area (Å²) in [6, 6.07) is 16.5. The van der Waals surface area contributed by atoms with Crippen LogP contribution in [0.4, 0.5) is 0 Å². The zero-order chi connectivity index (χ0) is 24.6. The van der Waals surface area contributed by atoms with Crippen LogP contribution in [0.2, 0.25) is 0 Å². The number of methoxy groups -OCH3 is 2. The Morgan fingerprint density at radius 2 is 1.83 bits per heavy atom. The van der Waals surface area contributed by atoms with Crippen molar-refractivity contribution in [1.29, 1.82) is 0 Å². The van der Waals surface area contributed by atoms with Gasteiger partial charge in [-0.1, -0.05) is 18.2 Å². The number of carbonyl (C=O) groups is 2. The minimum atomic E-state index is -0.256. The maximum atomic E-state index is 13.6. The van der Waals surface area contributed by atoms with Gasteiger partial charge in [-0.25, -0.2) is 0 Å². The van der Waals surface area contributed by atoms with Gasteiger partial charge >= 0.3 is 0 Å². The van der Waals surface area contributed by atoms with Gasteiger partial charge in [0, 0.05) is 30.6 Å². The first-order valence-corrected chi connectivity index (χ1v) is 12.1. The Morgan fingerprint density at radius 3 is 2.60 bits per heavy atom. The van der Waals surface area contributed by atoms with Gasteiger partial charge in [0.2, 0.25) is 12.7 Å². The second-order valence-corrected chi connectivity index (χ2v) is 9.00. The monoisotopic (exact) mass is 496 g/mol. The van der Waals surface area contributed by atoms with Gasteiger partial charge < -0.3 is 28.7 Å². The lowest BCUT2D eigenvalue weighted by Gasteiger charge is -2.28. The molecule has 0 saturated carbocycles. The molecule has 9 heteroatoms. The van der Waals surface area contributed by atoms with E-state index in [1.165, 1.54) is 4.90 Å². The van der Waals surface area contributed by atoms with Crippen LogP contribution in [0.25, 0.3) is 0 Å². The van der Waals surface area contributed by atoms with E-state index in [4.69, 9.17) is 18.9 Å². The van der Waals surface area contributed by atoms with Gasteiger partial charge in [0.25, 0.3) is 5.91 Å². The van der Waals surface area contributed by atoms with Gasteiger partial charge in [-0.3, -0.25) is 9.59 Å². The molecule has 35 heavy (non-hydrogen) atoms. The summed E-state index contributed by atoms with van der Waals surface area (Å²) < 4.78 is 21.3. The van der Waals surface area contributed by atoms with Crippen molar-refractivity contribution in [3.63, 3.8) is 0 Å². The largest absolute Gasteiger partial charge is 0.497 e. The number of fused-ring (bicyclic) bond motifs is 1. The van der Waals surface area contributed by atoms with Crippen molar-refractivity contribution in [3.05, 3.63) is 76.0 Å². The molecular formula is C26H28N2O6S. The fraction of sp³-hybridized carbons (Fsp3) is 0.308. The van der Waals surface area contributed by atoms with Gasteiger partial charge in [-0.2, -0.15) is 0 Å². The van der Waals surface area contributed by atoms with Crippen molar-refractivity contribution in [2.75, 3.05) is 40.7 Å². The van der Waals surface area contributed by atoms with Crippen molar-refractivity contribution < 1.29 is 28.5 Å². The maximum absolute atomic E-state index is 13.6. The lowest BCUT2D eigenvalue weighted by Crippen LogP contribution is -2.43. The SMILES string of the molecule is COCCN(CC(=O)N(Cc1ccc2c(c1)OCO2)Cc1cccs1)C(=O)c1cccc(OC)c1. The number of amides is 2. The van der Waals surface area contributed by atoms with Crippen LogP contribution in [0.1, 0.15) is 20.8 Å². The van der Waals surface area contributed by atoms with Gasteiger partial charge in [0.05, 0.1) is 20.3 Å². The molecule has 8 nitrogen and oxygen atoms in total. The highest BCUT2D eigenvalue weighted by atomic mass is 32.1. The molecule has 0 fully saturated rings. The first kappa shape index (κ1) is 24.6. The molecular weight excluding hydrogens is 468 g/mol. The molecule has 2 amide bonds. The number of ether oxygens (including phenoxy) is 4. The molecule has 0 atom stereocenters. The summed E-state index contributed by atoms with van der Waals surface area (Å²) in [5.41, 5.74) is 1.37. The van der Waals surface area contributed by atoms with Crippen molar-refractivity contribution in [2.45, 2.75) is 13.1 Å². The summed E-state index contributed by atoms with van der Waals surface area (Å²) in [5, 5.41) is 1.98. The van der Waals surface area contributed by atoms with E-state index in [2.05, 4.69) is 0 Å². The summed E-state index contributed by atoms with van der Waals surface area (Å²) in [4.78, 5) is 31.2. The highest BCUT2D eigenvalue weighted by Crippen LogP contribution is 2.33. The van der Waals surface area contributed by atoms with Gasteiger partial charge in [0.15, 0.2) is 11.5 Å². The molecule has 0 N–H and O–H groups in total. The fourth-order valence-corrected chi connectivity index (χ4v) is 4.46. The van der Waals surface area contributed by atoms with E-state index in [-0.39, 0.29) is 31.7 Å². The van der Waals surface area contributed by atoms with E-state index in [1.807, 2.05) is 35.7 Å². The zero-order valence-electron chi connectivity index (χ0n) is 19.8.